The third kappa shape index (κ3) is 4.00. The van der Waals surface area contributed by atoms with Crippen LogP contribution < -0.4 is 5.32 Å². The molecule has 0 saturated heterocycles. The first kappa shape index (κ1) is 14.0. The Morgan fingerprint density at radius 2 is 1.71 bits per heavy atom. The minimum absolute atomic E-state index is 0.209. The topological polar surface area (TPSA) is 69.6 Å². The minimum Gasteiger partial charge on any atom is -0.480 e. The standard InChI is InChI=1S/C12H22N2O3/c1-14(2)9-10(15)13-12(11(16)17)7-5-3-4-6-8-12/h3-9H2,1-2H3,(H,13,15)(H,16,17). The van der Waals surface area contributed by atoms with E-state index in [2.05, 4.69) is 5.32 Å². The second kappa shape index (κ2) is 6.00. The van der Waals surface area contributed by atoms with Crippen LogP contribution in [0.4, 0.5) is 0 Å². The largest absolute Gasteiger partial charge is 0.480 e. The Hall–Kier alpha value is -1.10. The monoisotopic (exact) mass is 242 g/mol. The molecule has 0 spiro atoms. The lowest BCUT2D eigenvalue weighted by Gasteiger charge is -2.29. The molecule has 0 heterocycles. The normalized spacial score (nSPS) is 19.7. The Kier molecular flexibility index (Phi) is 4.93. The minimum atomic E-state index is -1.04. The highest BCUT2D eigenvalue weighted by Gasteiger charge is 2.39. The van der Waals surface area contributed by atoms with Crippen LogP contribution in [0.5, 0.6) is 0 Å². The molecule has 1 aliphatic rings. The summed E-state index contributed by atoms with van der Waals surface area (Å²) in [5.41, 5.74) is -1.04. The van der Waals surface area contributed by atoms with E-state index in [0.717, 1.165) is 25.7 Å². The van der Waals surface area contributed by atoms with E-state index in [-0.39, 0.29) is 12.5 Å². The van der Waals surface area contributed by atoms with E-state index in [9.17, 15) is 14.7 Å². The van der Waals surface area contributed by atoms with Crippen LogP contribution in [0, 0.1) is 0 Å². The molecule has 0 radical (unpaired) electrons. The summed E-state index contributed by atoms with van der Waals surface area (Å²) in [7, 11) is 3.58. The van der Waals surface area contributed by atoms with Gasteiger partial charge in [-0.1, -0.05) is 25.7 Å². The molecule has 98 valence electrons. The van der Waals surface area contributed by atoms with E-state index in [4.69, 9.17) is 0 Å². The molecule has 17 heavy (non-hydrogen) atoms. The molecule has 1 rings (SSSR count). The zero-order valence-corrected chi connectivity index (χ0v) is 10.7. The van der Waals surface area contributed by atoms with Gasteiger partial charge in [-0.3, -0.25) is 4.79 Å². The number of carboxylic acid groups (broad SMARTS) is 1. The lowest BCUT2D eigenvalue weighted by Crippen LogP contribution is -2.55. The van der Waals surface area contributed by atoms with E-state index in [0.29, 0.717) is 12.8 Å². The van der Waals surface area contributed by atoms with Gasteiger partial charge in [0, 0.05) is 0 Å². The number of carbonyl (C=O) groups is 2. The first-order valence-electron chi connectivity index (χ1n) is 6.15. The van der Waals surface area contributed by atoms with Crippen LogP contribution in [0.1, 0.15) is 38.5 Å². The Morgan fingerprint density at radius 3 is 2.12 bits per heavy atom. The Morgan fingerprint density at radius 1 is 1.18 bits per heavy atom. The summed E-state index contributed by atoms with van der Waals surface area (Å²) in [5, 5.41) is 12.1. The van der Waals surface area contributed by atoms with Crippen molar-refractivity contribution in [1.29, 1.82) is 0 Å². The predicted octanol–water partition coefficient (Wildman–Crippen LogP) is 0.842. The summed E-state index contributed by atoms with van der Waals surface area (Å²) < 4.78 is 0. The van der Waals surface area contributed by atoms with Crippen molar-refractivity contribution in [3.63, 3.8) is 0 Å². The first-order valence-corrected chi connectivity index (χ1v) is 6.15. The van der Waals surface area contributed by atoms with Crippen LogP contribution >= 0.6 is 0 Å². The Balaban J connectivity index is 2.70. The van der Waals surface area contributed by atoms with Gasteiger partial charge in [-0.2, -0.15) is 0 Å². The van der Waals surface area contributed by atoms with E-state index in [1.54, 1.807) is 19.0 Å². The zero-order chi connectivity index (χ0) is 12.9. The average Bonchev–Trinajstić information content (AvgIpc) is 2.42. The van der Waals surface area contributed by atoms with Crippen molar-refractivity contribution in [2.75, 3.05) is 20.6 Å². The number of nitrogens with zero attached hydrogens (tertiary/aromatic N) is 1. The summed E-state index contributed by atoms with van der Waals surface area (Å²) >= 11 is 0. The van der Waals surface area contributed by atoms with Crippen LogP contribution in [-0.2, 0) is 9.59 Å². The number of hydrogen-bond donors (Lipinski definition) is 2. The van der Waals surface area contributed by atoms with E-state index < -0.39 is 11.5 Å². The molecule has 0 aromatic carbocycles. The van der Waals surface area contributed by atoms with Gasteiger partial charge in [-0.15, -0.1) is 0 Å². The molecule has 0 aromatic rings. The fraction of sp³-hybridized carbons (Fsp3) is 0.833. The number of likely N-dealkylation sites (N-methyl/N-ethyl adjacent to an activating group) is 1. The number of carboxylic acids is 1. The number of hydrogen-bond acceptors (Lipinski definition) is 3. The van der Waals surface area contributed by atoms with Crippen LogP contribution in [0.15, 0.2) is 0 Å². The van der Waals surface area contributed by atoms with Crippen molar-refractivity contribution in [3.8, 4) is 0 Å². The van der Waals surface area contributed by atoms with Crippen molar-refractivity contribution >= 4 is 11.9 Å². The van der Waals surface area contributed by atoms with Gasteiger partial charge in [0.05, 0.1) is 6.54 Å². The Bertz CT molecular complexity index is 281. The lowest BCUT2D eigenvalue weighted by molar-refractivity contribution is -0.148. The molecule has 0 unspecified atom stereocenters. The van der Waals surface area contributed by atoms with Gasteiger partial charge < -0.3 is 15.3 Å². The van der Waals surface area contributed by atoms with Gasteiger partial charge in [0.1, 0.15) is 5.54 Å². The fourth-order valence-corrected chi connectivity index (χ4v) is 2.32. The highest BCUT2D eigenvalue weighted by atomic mass is 16.4. The van der Waals surface area contributed by atoms with Crippen molar-refractivity contribution in [1.82, 2.24) is 10.2 Å². The molecule has 2 N–H and O–H groups in total. The van der Waals surface area contributed by atoms with Gasteiger partial charge >= 0.3 is 5.97 Å². The number of carbonyl (C=O) groups excluding carboxylic acids is 1. The van der Waals surface area contributed by atoms with Crippen LogP contribution in [0.3, 0.4) is 0 Å². The maximum absolute atomic E-state index is 11.7. The van der Waals surface area contributed by atoms with Crippen LogP contribution in [-0.4, -0.2) is 48.1 Å². The molecule has 0 aliphatic heterocycles. The van der Waals surface area contributed by atoms with E-state index in [1.807, 2.05) is 0 Å². The molecular weight excluding hydrogens is 220 g/mol. The zero-order valence-electron chi connectivity index (χ0n) is 10.7. The highest BCUT2D eigenvalue weighted by Crippen LogP contribution is 2.27. The summed E-state index contributed by atoms with van der Waals surface area (Å²) in [6.07, 6.45) is 4.93. The van der Waals surface area contributed by atoms with Crippen molar-refractivity contribution in [2.24, 2.45) is 0 Å². The summed E-state index contributed by atoms with van der Waals surface area (Å²) in [5.74, 6) is -1.11. The van der Waals surface area contributed by atoms with Crippen molar-refractivity contribution in [2.45, 2.75) is 44.1 Å². The molecule has 1 fully saturated rings. The summed E-state index contributed by atoms with van der Waals surface area (Å²) in [4.78, 5) is 24.9. The molecule has 5 heteroatoms. The Labute approximate surface area is 102 Å². The maximum atomic E-state index is 11.7. The number of aliphatic carboxylic acids is 1. The quantitative estimate of drug-likeness (QED) is 0.717. The average molecular weight is 242 g/mol. The summed E-state index contributed by atoms with van der Waals surface area (Å²) in [6, 6.07) is 0. The van der Waals surface area contributed by atoms with E-state index in [1.165, 1.54) is 0 Å². The third-order valence-corrected chi connectivity index (χ3v) is 3.21. The molecule has 0 atom stereocenters. The van der Waals surface area contributed by atoms with Gasteiger partial charge in [0.15, 0.2) is 0 Å². The number of amides is 1. The van der Waals surface area contributed by atoms with Crippen LogP contribution in [0.25, 0.3) is 0 Å². The summed E-state index contributed by atoms with van der Waals surface area (Å²) in [6.45, 7) is 0.231. The predicted molar refractivity (Wildman–Crippen MR) is 64.8 cm³/mol. The second-order valence-corrected chi connectivity index (χ2v) is 5.09. The molecule has 1 aliphatic carbocycles. The molecule has 1 amide bonds. The maximum Gasteiger partial charge on any atom is 0.329 e. The van der Waals surface area contributed by atoms with Gasteiger partial charge in [0.25, 0.3) is 0 Å². The van der Waals surface area contributed by atoms with Gasteiger partial charge in [-0.25, -0.2) is 4.79 Å². The van der Waals surface area contributed by atoms with Gasteiger partial charge in [0.2, 0.25) is 5.91 Å². The fourth-order valence-electron chi connectivity index (χ4n) is 2.32. The molecule has 1 saturated carbocycles. The number of nitrogens with one attached hydrogen (secondary N) is 1. The molecule has 5 nitrogen and oxygen atoms in total. The lowest BCUT2D eigenvalue weighted by atomic mass is 9.90. The van der Waals surface area contributed by atoms with Gasteiger partial charge in [-0.05, 0) is 26.9 Å². The smallest absolute Gasteiger partial charge is 0.329 e. The SMILES string of the molecule is CN(C)CC(=O)NC1(C(=O)O)CCCCCC1. The van der Waals surface area contributed by atoms with E-state index >= 15 is 0 Å². The third-order valence-electron chi connectivity index (χ3n) is 3.21. The van der Waals surface area contributed by atoms with Crippen molar-refractivity contribution < 1.29 is 14.7 Å². The highest BCUT2D eigenvalue weighted by molar-refractivity contribution is 5.87. The molecular formula is C12H22N2O3. The van der Waals surface area contributed by atoms with Crippen LogP contribution in [0.2, 0.25) is 0 Å². The second-order valence-electron chi connectivity index (χ2n) is 5.09. The molecule has 0 aromatic heterocycles. The first-order chi connectivity index (χ1) is 7.96. The molecule has 0 bridgehead atoms. The van der Waals surface area contributed by atoms with Crippen molar-refractivity contribution in [3.05, 3.63) is 0 Å². The number of rotatable bonds is 4.